The lowest BCUT2D eigenvalue weighted by Gasteiger charge is -2.35. The quantitative estimate of drug-likeness (QED) is 0.264. The minimum absolute atomic E-state index is 0.0486. The second-order valence-corrected chi connectivity index (χ2v) is 11.2. The Morgan fingerprint density at radius 2 is 1.85 bits per heavy atom. The summed E-state index contributed by atoms with van der Waals surface area (Å²) in [6.07, 6.45) is 3.48. The van der Waals surface area contributed by atoms with Crippen molar-refractivity contribution in [2.45, 2.75) is 44.6 Å². The number of carbonyl (C=O) groups excluding carboxylic acids is 2. The fourth-order valence-corrected chi connectivity index (χ4v) is 6.22. The van der Waals surface area contributed by atoms with E-state index in [2.05, 4.69) is 24.0 Å². The molecule has 0 spiro atoms. The lowest BCUT2D eigenvalue weighted by molar-refractivity contribution is -0.144. The van der Waals surface area contributed by atoms with E-state index < -0.39 is 5.95 Å². The van der Waals surface area contributed by atoms with Gasteiger partial charge in [0.05, 0.1) is 30.3 Å². The van der Waals surface area contributed by atoms with Crippen LogP contribution < -0.4 is 4.90 Å². The molecular weight excluding hydrogens is 523 g/mol. The third kappa shape index (κ3) is 4.51. The van der Waals surface area contributed by atoms with Gasteiger partial charge in [-0.1, -0.05) is 24.3 Å². The largest absolute Gasteiger partial charge is 0.469 e. The van der Waals surface area contributed by atoms with Crippen molar-refractivity contribution in [3.8, 4) is 11.3 Å². The van der Waals surface area contributed by atoms with Crippen molar-refractivity contribution in [2.24, 2.45) is 5.92 Å². The number of pyridine rings is 1. The predicted octanol–water partition coefficient (Wildman–Crippen LogP) is 4.57. The molecule has 1 amide bonds. The van der Waals surface area contributed by atoms with E-state index in [4.69, 9.17) is 14.8 Å². The molecule has 0 unspecified atom stereocenters. The molecule has 2 atom stereocenters. The van der Waals surface area contributed by atoms with E-state index in [1.807, 2.05) is 28.0 Å². The Labute approximate surface area is 237 Å². The molecule has 1 aromatic carbocycles. The van der Waals surface area contributed by atoms with Gasteiger partial charge in [0.25, 0.3) is 5.91 Å². The first-order chi connectivity index (χ1) is 19.9. The van der Waals surface area contributed by atoms with Crippen LogP contribution in [0.1, 0.15) is 65.5 Å². The van der Waals surface area contributed by atoms with E-state index in [0.29, 0.717) is 54.8 Å². The Bertz CT molecular complexity index is 1680. The average Bonchev–Trinajstić information content (AvgIpc) is 3.55. The maximum atomic E-state index is 15.4. The minimum Gasteiger partial charge on any atom is -0.469 e. The Kier molecular flexibility index (Phi) is 6.21. The van der Waals surface area contributed by atoms with Gasteiger partial charge in [-0.05, 0) is 61.9 Å². The van der Waals surface area contributed by atoms with Gasteiger partial charge in [-0.25, -0.2) is 14.5 Å². The monoisotopic (exact) mass is 554 g/mol. The summed E-state index contributed by atoms with van der Waals surface area (Å²) in [5, 5.41) is 4.71. The van der Waals surface area contributed by atoms with Crippen LogP contribution in [0.5, 0.6) is 0 Å². The standard InChI is InChI=1S/C31H31FN6O3/c1-18-22-6-4-3-5-19(22)12-14-37(18)30(39)25-15-26(20-7-8-20)38-28(33-25)16-24(35-38)23-9-10-27(34-29(23)32)36-13-11-21(17-36)31(40)41-2/h3-6,9-10,15-16,18,20-21H,7-8,11-14,17H2,1-2H3/t18-,21+/m1/s1. The number of fused-ring (bicyclic) bond motifs is 2. The molecule has 41 heavy (non-hydrogen) atoms. The number of hydrogen-bond acceptors (Lipinski definition) is 7. The van der Waals surface area contributed by atoms with Crippen molar-refractivity contribution in [1.82, 2.24) is 24.5 Å². The van der Waals surface area contributed by atoms with Gasteiger partial charge < -0.3 is 14.5 Å². The molecule has 1 aliphatic carbocycles. The minimum atomic E-state index is -0.641. The first-order valence-electron chi connectivity index (χ1n) is 14.2. The predicted molar refractivity (Wildman–Crippen MR) is 150 cm³/mol. The zero-order chi connectivity index (χ0) is 28.2. The van der Waals surface area contributed by atoms with Gasteiger partial charge in [-0.15, -0.1) is 0 Å². The summed E-state index contributed by atoms with van der Waals surface area (Å²) in [5.41, 5.74) is 4.95. The maximum Gasteiger partial charge on any atom is 0.310 e. The second kappa shape index (κ2) is 9.94. The highest BCUT2D eigenvalue weighted by Crippen LogP contribution is 2.41. The van der Waals surface area contributed by atoms with Gasteiger partial charge in [0, 0.05) is 37.3 Å². The van der Waals surface area contributed by atoms with Gasteiger partial charge >= 0.3 is 5.97 Å². The molecule has 2 fully saturated rings. The summed E-state index contributed by atoms with van der Waals surface area (Å²) in [4.78, 5) is 38.4. The number of nitrogens with zero attached hydrogens (tertiary/aromatic N) is 6. The Morgan fingerprint density at radius 1 is 1.02 bits per heavy atom. The highest BCUT2D eigenvalue weighted by atomic mass is 19.1. The highest BCUT2D eigenvalue weighted by Gasteiger charge is 2.33. The molecular formula is C31H31FN6O3. The molecule has 3 aromatic heterocycles. The Morgan fingerprint density at radius 3 is 2.63 bits per heavy atom. The molecule has 210 valence electrons. The van der Waals surface area contributed by atoms with Crippen LogP contribution in [0.3, 0.4) is 0 Å². The van der Waals surface area contributed by atoms with E-state index >= 15 is 4.39 Å². The van der Waals surface area contributed by atoms with Gasteiger partial charge in [-0.2, -0.15) is 9.49 Å². The molecule has 1 saturated heterocycles. The van der Waals surface area contributed by atoms with Crippen molar-refractivity contribution < 1.29 is 18.7 Å². The van der Waals surface area contributed by atoms with Crippen LogP contribution in [0.25, 0.3) is 16.9 Å². The Hall–Kier alpha value is -4.34. The van der Waals surface area contributed by atoms with E-state index in [1.54, 1.807) is 22.7 Å². The lowest BCUT2D eigenvalue weighted by Crippen LogP contribution is -2.39. The molecule has 2 aliphatic heterocycles. The van der Waals surface area contributed by atoms with Crippen molar-refractivity contribution >= 4 is 23.3 Å². The molecule has 1 saturated carbocycles. The van der Waals surface area contributed by atoms with Crippen molar-refractivity contribution in [2.75, 3.05) is 31.6 Å². The number of aromatic nitrogens is 4. The van der Waals surface area contributed by atoms with Gasteiger partial charge in [0.15, 0.2) is 5.65 Å². The van der Waals surface area contributed by atoms with Crippen molar-refractivity contribution in [3.05, 3.63) is 77.0 Å². The zero-order valence-corrected chi connectivity index (χ0v) is 23.1. The molecule has 5 heterocycles. The van der Waals surface area contributed by atoms with Crippen LogP contribution in [0.2, 0.25) is 0 Å². The van der Waals surface area contributed by atoms with E-state index in [-0.39, 0.29) is 29.4 Å². The van der Waals surface area contributed by atoms with Gasteiger partial charge in [0.2, 0.25) is 5.95 Å². The fourth-order valence-electron chi connectivity index (χ4n) is 6.22. The SMILES string of the molecule is COC(=O)[C@H]1CCN(c2ccc(-c3cc4nc(C(=O)N5CCc6ccccc6[C@H]5C)cc(C5CC5)n4n3)c(F)n2)C1. The summed E-state index contributed by atoms with van der Waals surface area (Å²) in [5.74, 6) is -0.476. The zero-order valence-electron chi connectivity index (χ0n) is 23.1. The van der Waals surface area contributed by atoms with Gasteiger partial charge in [-0.3, -0.25) is 9.59 Å². The molecule has 9 nitrogen and oxygen atoms in total. The fraction of sp³-hybridized carbons (Fsp3) is 0.387. The van der Waals surface area contributed by atoms with Gasteiger partial charge in [0.1, 0.15) is 11.5 Å². The van der Waals surface area contributed by atoms with Crippen LogP contribution in [-0.2, 0) is 16.0 Å². The molecule has 3 aliphatic rings. The molecule has 7 rings (SSSR count). The van der Waals surface area contributed by atoms with Crippen molar-refractivity contribution in [1.29, 1.82) is 0 Å². The highest BCUT2D eigenvalue weighted by molar-refractivity contribution is 5.93. The lowest BCUT2D eigenvalue weighted by atomic mass is 9.93. The van der Waals surface area contributed by atoms with E-state index in [0.717, 1.165) is 25.0 Å². The average molecular weight is 555 g/mol. The summed E-state index contributed by atoms with van der Waals surface area (Å²) < 4.78 is 22.0. The molecule has 0 radical (unpaired) electrons. The van der Waals surface area contributed by atoms with E-state index in [1.165, 1.54) is 18.2 Å². The van der Waals surface area contributed by atoms with Crippen LogP contribution in [0, 0.1) is 11.9 Å². The molecule has 10 heteroatoms. The summed E-state index contributed by atoms with van der Waals surface area (Å²) >= 11 is 0. The normalized spacial score (nSPS) is 20.4. The van der Waals surface area contributed by atoms with Crippen LogP contribution in [-0.4, -0.2) is 63.1 Å². The van der Waals surface area contributed by atoms with Crippen LogP contribution in [0.15, 0.2) is 48.5 Å². The summed E-state index contributed by atoms with van der Waals surface area (Å²) in [7, 11) is 1.38. The summed E-state index contributed by atoms with van der Waals surface area (Å²) in [6.45, 7) is 3.74. The number of esters is 1. The third-order valence-corrected chi connectivity index (χ3v) is 8.68. The smallest absolute Gasteiger partial charge is 0.310 e. The first-order valence-corrected chi connectivity index (χ1v) is 14.2. The van der Waals surface area contributed by atoms with E-state index in [9.17, 15) is 9.59 Å². The topological polar surface area (TPSA) is 92.9 Å². The number of benzene rings is 1. The summed E-state index contributed by atoms with van der Waals surface area (Å²) in [6, 6.07) is 15.2. The first kappa shape index (κ1) is 25.6. The van der Waals surface area contributed by atoms with Crippen LogP contribution >= 0.6 is 0 Å². The number of methoxy groups -OCH3 is 1. The molecule has 0 N–H and O–H groups in total. The number of amides is 1. The number of halogens is 1. The second-order valence-electron chi connectivity index (χ2n) is 11.2. The third-order valence-electron chi connectivity index (χ3n) is 8.68. The van der Waals surface area contributed by atoms with Crippen LogP contribution in [0.4, 0.5) is 10.2 Å². The Balaban J connectivity index is 1.19. The molecule has 4 aromatic rings. The number of carbonyl (C=O) groups is 2. The maximum absolute atomic E-state index is 15.4. The number of ether oxygens (including phenoxy) is 1. The number of anilines is 1. The number of rotatable bonds is 5. The number of hydrogen-bond donors (Lipinski definition) is 0. The van der Waals surface area contributed by atoms with Crippen molar-refractivity contribution in [3.63, 3.8) is 0 Å². The molecule has 0 bridgehead atoms.